The maximum absolute atomic E-state index is 13.4. The Morgan fingerprint density at radius 1 is 1.18 bits per heavy atom. The average molecular weight is 466 g/mol. The summed E-state index contributed by atoms with van der Waals surface area (Å²) in [6.45, 7) is 3.88. The zero-order valence-electron chi connectivity index (χ0n) is 18.7. The lowest BCUT2D eigenvalue weighted by molar-refractivity contribution is -0.212. The second-order valence-electron chi connectivity index (χ2n) is 8.95. The standard InChI is InChI=1S/C24H30F3N3O3/c1-14(2)20(28)23(33)30-11-5-8-19(30)22(32)29-18(21(31)24(25,26)27)13-15-9-10-16-6-3-4-7-17(16)12-15/h3-4,6-7,9-10,12,14,18-21,31H,5,8,11,13,28H2,1-2H3,(H,29,32)/t18-,19-,20-,21-/m0/s1. The van der Waals surface area contributed by atoms with Crippen LogP contribution < -0.4 is 11.1 Å². The van der Waals surface area contributed by atoms with Crippen molar-refractivity contribution in [2.24, 2.45) is 11.7 Å². The molecule has 2 amide bonds. The van der Waals surface area contributed by atoms with Gasteiger partial charge >= 0.3 is 6.18 Å². The van der Waals surface area contributed by atoms with E-state index in [-0.39, 0.29) is 12.3 Å². The number of nitrogens with two attached hydrogens (primary N) is 1. The highest BCUT2D eigenvalue weighted by Gasteiger charge is 2.45. The van der Waals surface area contributed by atoms with E-state index in [1.54, 1.807) is 32.0 Å². The monoisotopic (exact) mass is 465 g/mol. The molecular formula is C24H30F3N3O3. The van der Waals surface area contributed by atoms with E-state index in [0.717, 1.165) is 10.8 Å². The van der Waals surface area contributed by atoms with Crippen molar-refractivity contribution in [2.75, 3.05) is 6.54 Å². The van der Waals surface area contributed by atoms with Gasteiger partial charge < -0.3 is 21.1 Å². The van der Waals surface area contributed by atoms with Gasteiger partial charge in [0.15, 0.2) is 6.10 Å². The number of amides is 2. The number of halogens is 3. The van der Waals surface area contributed by atoms with Crippen molar-refractivity contribution in [3.63, 3.8) is 0 Å². The molecule has 0 spiro atoms. The van der Waals surface area contributed by atoms with Gasteiger partial charge in [-0.05, 0) is 41.5 Å². The minimum absolute atomic E-state index is 0.144. The van der Waals surface area contributed by atoms with Crippen LogP contribution in [0.15, 0.2) is 42.5 Å². The van der Waals surface area contributed by atoms with Crippen molar-refractivity contribution < 1.29 is 27.9 Å². The van der Waals surface area contributed by atoms with Gasteiger partial charge in [0, 0.05) is 6.54 Å². The molecule has 0 saturated carbocycles. The number of aliphatic hydroxyl groups is 1. The molecule has 0 aromatic heterocycles. The molecule has 33 heavy (non-hydrogen) atoms. The van der Waals surface area contributed by atoms with Crippen LogP contribution in [0.2, 0.25) is 0 Å². The third kappa shape index (κ3) is 5.83. The number of rotatable bonds is 7. The van der Waals surface area contributed by atoms with Crippen molar-refractivity contribution in [2.45, 2.75) is 63.5 Å². The minimum Gasteiger partial charge on any atom is -0.382 e. The van der Waals surface area contributed by atoms with Crippen molar-refractivity contribution in [1.29, 1.82) is 0 Å². The first-order chi connectivity index (χ1) is 15.5. The average Bonchev–Trinajstić information content (AvgIpc) is 3.26. The largest absolute Gasteiger partial charge is 0.416 e. The molecule has 4 atom stereocenters. The Bertz CT molecular complexity index is 996. The molecule has 1 aliphatic rings. The maximum atomic E-state index is 13.4. The Hall–Kier alpha value is -2.65. The fourth-order valence-electron chi connectivity index (χ4n) is 4.15. The molecule has 2 aromatic carbocycles. The number of carbonyl (C=O) groups excluding carboxylic acids is 2. The van der Waals surface area contributed by atoms with E-state index in [2.05, 4.69) is 5.32 Å². The lowest BCUT2D eigenvalue weighted by atomic mass is 9.97. The molecule has 2 aromatic rings. The molecule has 1 aliphatic heterocycles. The molecule has 1 fully saturated rings. The van der Waals surface area contributed by atoms with Crippen LogP contribution in [-0.4, -0.2) is 58.8 Å². The first-order valence-corrected chi connectivity index (χ1v) is 11.1. The van der Waals surface area contributed by atoms with Gasteiger partial charge in [0.05, 0.1) is 12.1 Å². The molecule has 1 heterocycles. The third-order valence-corrected chi connectivity index (χ3v) is 6.16. The van der Waals surface area contributed by atoms with E-state index in [9.17, 15) is 27.9 Å². The summed E-state index contributed by atoms with van der Waals surface area (Å²) in [5, 5.41) is 14.2. The fourth-order valence-corrected chi connectivity index (χ4v) is 4.15. The van der Waals surface area contributed by atoms with Crippen molar-refractivity contribution >= 4 is 22.6 Å². The van der Waals surface area contributed by atoms with Crippen LogP contribution in [0.1, 0.15) is 32.3 Å². The van der Waals surface area contributed by atoms with Crippen molar-refractivity contribution in [1.82, 2.24) is 10.2 Å². The molecule has 6 nitrogen and oxygen atoms in total. The van der Waals surface area contributed by atoms with E-state index >= 15 is 0 Å². The first-order valence-electron chi connectivity index (χ1n) is 11.1. The van der Waals surface area contributed by atoms with Crippen LogP contribution in [0.25, 0.3) is 10.8 Å². The van der Waals surface area contributed by atoms with Gasteiger partial charge in [-0.1, -0.05) is 56.3 Å². The summed E-state index contributed by atoms with van der Waals surface area (Å²) in [5.41, 5.74) is 6.49. The highest BCUT2D eigenvalue weighted by molar-refractivity contribution is 5.90. The van der Waals surface area contributed by atoms with E-state index in [0.29, 0.717) is 24.9 Å². The summed E-state index contributed by atoms with van der Waals surface area (Å²) in [6.07, 6.45) is -7.01. The number of nitrogens with zero attached hydrogens (tertiary/aromatic N) is 1. The van der Waals surface area contributed by atoms with Crippen molar-refractivity contribution in [3.05, 3.63) is 48.0 Å². The first kappa shape index (κ1) is 25.0. The topological polar surface area (TPSA) is 95.7 Å². The zero-order chi connectivity index (χ0) is 24.3. The Morgan fingerprint density at radius 2 is 1.85 bits per heavy atom. The Balaban J connectivity index is 1.80. The summed E-state index contributed by atoms with van der Waals surface area (Å²) in [5.74, 6) is -1.26. The molecule has 0 unspecified atom stereocenters. The van der Waals surface area contributed by atoms with Crippen LogP contribution in [0.5, 0.6) is 0 Å². The summed E-state index contributed by atoms with van der Waals surface area (Å²) in [4.78, 5) is 27.0. The second-order valence-corrected chi connectivity index (χ2v) is 8.95. The zero-order valence-corrected chi connectivity index (χ0v) is 18.7. The highest BCUT2D eigenvalue weighted by Crippen LogP contribution is 2.26. The van der Waals surface area contributed by atoms with E-state index in [1.165, 1.54) is 4.90 Å². The molecule has 3 rings (SSSR count). The number of aliphatic hydroxyl groups excluding tert-OH is 1. The lowest BCUT2D eigenvalue weighted by Crippen LogP contribution is -2.57. The van der Waals surface area contributed by atoms with Gasteiger partial charge in [0.1, 0.15) is 6.04 Å². The molecule has 0 aliphatic carbocycles. The number of alkyl halides is 3. The molecule has 1 saturated heterocycles. The summed E-state index contributed by atoms with van der Waals surface area (Å²) in [6, 6.07) is 9.30. The SMILES string of the molecule is CC(C)[C@H](N)C(=O)N1CCC[C@H]1C(=O)N[C@@H](Cc1ccc2ccccc2c1)[C@H](O)C(F)(F)F. The smallest absolute Gasteiger partial charge is 0.382 e. The Labute approximate surface area is 190 Å². The number of fused-ring (bicyclic) bond motifs is 1. The van der Waals surface area contributed by atoms with Gasteiger partial charge in [-0.2, -0.15) is 13.2 Å². The summed E-state index contributed by atoms with van der Waals surface area (Å²) < 4.78 is 40.2. The van der Waals surface area contributed by atoms with Crippen LogP contribution in [0, 0.1) is 5.92 Å². The van der Waals surface area contributed by atoms with Crippen LogP contribution in [0.4, 0.5) is 13.2 Å². The van der Waals surface area contributed by atoms with E-state index < -0.39 is 42.2 Å². The van der Waals surface area contributed by atoms with E-state index in [1.807, 2.05) is 24.3 Å². The predicted molar refractivity (Wildman–Crippen MR) is 119 cm³/mol. The van der Waals surface area contributed by atoms with Gasteiger partial charge in [-0.25, -0.2) is 0 Å². The minimum atomic E-state index is -4.92. The van der Waals surface area contributed by atoms with Gasteiger partial charge in [-0.15, -0.1) is 0 Å². The molecule has 180 valence electrons. The third-order valence-electron chi connectivity index (χ3n) is 6.16. The highest BCUT2D eigenvalue weighted by atomic mass is 19.4. The Morgan fingerprint density at radius 3 is 2.48 bits per heavy atom. The van der Waals surface area contributed by atoms with Gasteiger partial charge in [0.25, 0.3) is 0 Å². The van der Waals surface area contributed by atoms with Gasteiger partial charge in [0.2, 0.25) is 11.8 Å². The number of carbonyl (C=O) groups is 2. The van der Waals surface area contributed by atoms with Crippen LogP contribution in [-0.2, 0) is 16.0 Å². The number of likely N-dealkylation sites (tertiary alicyclic amines) is 1. The number of nitrogens with one attached hydrogen (secondary N) is 1. The molecule has 9 heteroatoms. The maximum Gasteiger partial charge on any atom is 0.416 e. The summed E-state index contributed by atoms with van der Waals surface area (Å²) >= 11 is 0. The summed E-state index contributed by atoms with van der Waals surface area (Å²) in [7, 11) is 0. The number of hydrogen-bond donors (Lipinski definition) is 3. The van der Waals surface area contributed by atoms with Crippen LogP contribution >= 0.6 is 0 Å². The second kappa shape index (κ2) is 10.1. The van der Waals surface area contributed by atoms with Gasteiger partial charge in [-0.3, -0.25) is 9.59 Å². The van der Waals surface area contributed by atoms with Crippen molar-refractivity contribution in [3.8, 4) is 0 Å². The van der Waals surface area contributed by atoms with Crippen LogP contribution in [0.3, 0.4) is 0 Å². The van der Waals surface area contributed by atoms with E-state index in [4.69, 9.17) is 5.73 Å². The predicted octanol–water partition coefficient (Wildman–Crippen LogP) is 2.76. The fraction of sp³-hybridized carbons (Fsp3) is 0.500. The molecule has 0 radical (unpaired) electrons. The normalized spacial score (nSPS) is 19.5. The quantitative estimate of drug-likeness (QED) is 0.586. The molecule has 4 N–H and O–H groups in total. The molecule has 0 bridgehead atoms. The Kier molecular flexibility index (Phi) is 7.64. The number of benzene rings is 2. The lowest BCUT2D eigenvalue weighted by Gasteiger charge is -2.31. The number of hydrogen-bond acceptors (Lipinski definition) is 4. The molecular weight excluding hydrogens is 435 g/mol.